The van der Waals surface area contributed by atoms with Gasteiger partial charge in [0.05, 0.1) is 11.4 Å². The van der Waals surface area contributed by atoms with Gasteiger partial charge in [0.1, 0.15) is 9.92 Å². The maximum Gasteiger partial charge on any atom is 0.265 e. The van der Waals surface area contributed by atoms with Gasteiger partial charge in [0.2, 0.25) is 0 Å². The Morgan fingerprint density at radius 1 is 1.60 bits per heavy atom. The Labute approximate surface area is 65.6 Å². The molecular formula is C5H4N2OS2. The smallest absolute Gasteiger partial charge is 0.265 e. The van der Waals surface area contributed by atoms with Crippen molar-refractivity contribution in [3.8, 4) is 0 Å². The number of thioether (sulfide) groups is 2. The summed E-state index contributed by atoms with van der Waals surface area (Å²) in [5.41, 5.74) is -0.0139. The molecular weight excluding hydrogens is 168 g/mol. The fourth-order valence-electron chi connectivity index (χ4n) is 0.745. The average Bonchev–Trinajstić information content (AvgIpc) is 2.36. The Hall–Kier alpha value is -0.420. The quantitative estimate of drug-likeness (QED) is 0.591. The van der Waals surface area contributed by atoms with Crippen molar-refractivity contribution in [1.29, 1.82) is 0 Å². The standard InChI is InChI=1S/C5H4N2OS2/c8-4-3-5(7-1-6-4)10-2-9-3/h1H,2H2,(H,6,7,8). The van der Waals surface area contributed by atoms with Gasteiger partial charge in [-0.3, -0.25) is 4.79 Å². The number of hydrogen-bond acceptors (Lipinski definition) is 4. The Balaban J connectivity index is 2.70. The van der Waals surface area contributed by atoms with E-state index in [9.17, 15) is 4.79 Å². The summed E-state index contributed by atoms with van der Waals surface area (Å²) in [6.45, 7) is 0. The van der Waals surface area contributed by atoms with Gasteiger partial charge < -0.3 is 4.98 Å². The summed E-state index contributed by atoms with van der Waals surface area (Å²) in [6.07, 6.45) is 1.44. The third-order valence-corrected chi connectivity index (χ3v) is 3.50. The van der Waals surface area contributed by atoms with Crippen LogP contribution >= 0.6 is 23.5 Å². The van der Waals surface area contributed by atoms with E-state index in [0.717, 1.165) is 15.0 Å². The molecule has 1 aromatic heterocycles. The van der Waals surface area contributed by atoms with Crippen molar-refractivity contribution in [3.63, 3.8) is 0 Å². The number of H-pyrrole nitrogens is 1. The molecule has 0 radical (unpaired) electrons. The predicted octanol–water partition coefficient (Wildman–Crippen LogP) is 0.925. The van der Waals surface area contributed by atoms with Crippen LogP contribution < -0.4 is 5.56 Å². The molecule has 0 saturated carbocycles. The van der Waals surface area contributed by atoms with Gasteiger partial charge in [-0.15, -0.1) is 11.8 Å². The van der Waals surface area contributed by atoms with E-state index in [1.807, 2.05) is 0 Å². The zero-order valence-electron chi connectivity index (χ0n) is 4.96. The average molecular weight is 172 g/mol. The third kappa shape index (κ3) is 0.856. The van der Waals surface area contributed by atoms with Crippen molar-refractivity contribution < 1.29 is 0 Å². The zero-order chi connectivity index (χ0) is 6.97. The van der Waals surface area contributed by atoms with Gasteiger partial charge >= 0.3 is 0 Å². The summed E-state index contributed by atoms with van der Waals surface area (Å²) in [6, 6.07) is 0. The molecule has 1 aliphatic rings. The zero-order valence-corrected chi connectivity index (χ0v) is 6.59. The van der Waals surface area contributed by atoms with Crippen LogP contribution in [0.5, 0.6) is 0 Å². The third-order valence-electron chi connectivity index (χ3n) is 1.18. The van der Waals surface area contributed by atoms with Crippen LogP contribution in [-0.2, 0) is 0 Å². The van der Waals surface area contributed by atoms with E-state index in [-0.39, 0.29) is 5.56 Å². The second kappa shape index (κ2) is 2.32. The molecule has 2 heterocycles. The Bertz CT molecular complexity index is 309. The predicted molar refractivity (Wildman–Crippen MR) is 41.4 cm³/mol. The number of hydrogen-bond donors (Lipinski definition) is 1. The lowest BCUT2D eigenvalue weighted by molar-refractivity contribution is 0.929. The minimum atomic E-state index is -0.0139. The molecule has 2 rings (SSSR count). The molecule has 0 spiro atoms. The van der Waals surface area contributed by atoms with E-state index in [1.165, 1.54) is 6.33 Å². The van der Waals surface area contributed by atoms with Gasteiger partial charge in [0, 0.05) is 0 Å². The fraction of sp³-hybridized carbons (Fsp3) is 0.200. The van der Waals surface area contributed by atoms with Crippen LogP contribution in [0.3, 0.4) is 0 Å². The van der Waals surface area contributed by atoms with Gasteiger partial charge in [-0.05, 0) is 0 Å². The molecule has 0 unspecified atom stereocenters. The summed E-state index contributed by atoms with van der Waals surface area (Å²) >= 11 is 3.17. The first kappa shape index (κ1) is 6.30. The van der Waals surface area contributed by atoms with E-state index in [4.69, 9.17) is 0 Å². The van der Waals surface area contributed by atoms with Gasteiger partial charge in [-0.25, -0.2) is 4.98 Å². The van der Waals surface area contributed by atoms with Crippen molar-refractivity contribution >= 4 is 23.5 Å². The molecule has 5 heteroatoms. The van der Waals surface area contributed by atoms with Crippen LogP contribution in [0.15, 0.2) is 21.0 Å². The van der Waals surface area contributed by atoms with Crippen molar-refractivity contribution in [2.45, 2.75) is 9.92 Å². The number of nitrogens with zero attached hydrogens (tertiary/aromatic N) is 1. The van der Waals surface area contributed by atoms with Gasteiger partial charge in [0.25, 0.3) is 5.56 Å². The summed E-state index contributed by atoms with van der Waals surface area (Å²) in [5.74, 6) is 0. The fourth-order valence-corrected chi connectivity index (χ4v) is 2.97. The Morgan fingerprint density at radius 2 is 2.50 bits per heavy atom. The maximum absolute atomic E-state index is 11.0. The first-order valence-electron chi connectivity index (χ1n) is 2.71. The van der Waals surface area contributed by atoms with E-state index in [1.54, 1.807) is 23.5 Å². The molecule has 1 N–H and O–H groups in total. The van der Waals surface area contributed by atoms with Crippen molar-refractivity contribution in [1.82, 2.24) is 9.97 Å². The highest BCUT2D eigenvalue weighted by Crippen LogP contribution is 2.36. The summed E-state index contributed by atoms with van der Waals surface area (Å²) in [7, 11) is 0. The highest BCUT2D eigenvalue weighted by atomic mass is 32.2. The Kier molecular flexibility index (Phi) is 1.46. The molecule has 1 aromatic rings. The van der Waals surface area contributed by atoms with Crippen LogP contribution in [0.2, 0.25) is 0 Å². The van der Waals surface area contributed by atoms with Crippen LogP contribution in [0.1, 0.15) is 0 Å². The first-order chi connectivity index (χ1) is 4.88. The second-order valence-electron chi connectivity index (χ2n) is 1.77. The number of rotatable bonds is 0. The Morgan fingerprint density at radius 3 is 3.30 bits per heavy atom. The lowest BCUT2D eigenvalue weighted by Crippen LogP contribution is -2.07. The molecule has 1 aliphatic heterocycles. The molecule has 52 valence electrons. The van der Waals surface area contributed by atoms with E-state index < -0.39 is 0 Å². The van der Waals surface area contributed by atoms with Crippen LogP contribution in [-0.4, -0.2) is 15.1 Å². The number of fused-ring (bicyclic) bond motifs is 1. The molecule has 0 bridgehead atoms. The SMILES string of the molecule is O=c1[nH]cnc2c1SCS2. The number of nitrogens with one attached hydrogen (secondary N) is 1. The van der Waals surface area contributed by atoms with E-state index in [2.05, 4.69) is 9.97 Å². The molecule has 0 fully saturated rings. The summed E-state index contributed by atoms with van der Waals surface area (Å²) in [4.78, 5) is 18.3. The first-order valence-corrected chi connectivity index (χ1v) is 4.68. The molecule has 0 aliphatic carbocycles. The van der Waals surface area contributed by atoms with E-state index >= 15 is 0 Å². The molecule has 10 heavy (non-hydrogen) atoms. The van der Waals surface area contributed by atoms with Crippen molar-refractivity contribution in [2.24, 2.45) is 0 Å². The molecule has 0 atom stereocenters. The molecule has 0 aromatic carbocycles. The molecule has 0 saturated heterocycles. The van der Waals surface area contributed by atoms with Crippen molar-refractivity contribution in [3.05, 3.63) is 16.7 Å². The minimum Gasteiger partial charge on any atom is -0.312 e. The van der Waals surface area contributed by atoms with E-state index in [0.29, 0.717) is 0 Å². The highest BCUT2D eigenvalue weighted by Gasteiger charge is 2.15. The monoisotopic (exact) mass is 172 g/mol. The van der Waals surface area contributed by atoms with Crippen LogP contribution in [0.25, 0.3) is 0 Å². The minimum absolute atomic E-state index is 0.0139. The lowest BCUT2D eigenvalue weighted by Gasteiger charge is -1.89. The van der Waals surface area contributed by atoms with Gasteiger partial charge in [0.15, 0.2) is 0 Å². The van der Waals surface area contributed by atoms with Crippen LogP contribution in [0, 0.1) is 0 Å². The van der Waals surface area contributed by atoms with Crippen LogP contribution in [0.4, 0.5) is 0 Å². The largest absolute Gasteiger partial charge is 0.312 e. The number of aromatic amines is 1. The second-order valence-corrected chi connectivity index (χ2v) is 4.09. The topological polar surface area (TPSA) is 45.8 Å². The van der Waals surface area contributed by atoms with Gasteiger partial charge in [-0.2, -0.15) is 0 Å². The number of aromatic nitrogens is 2. The molecule has 3 nitrogen and oxygen atoms in total. The maximum atomic E-state index is 11.0. The highest BCUT2D eigenvalue weighted by molar-refractivity contribution is 8.18. The van der Waals surface area contributed by atoms with Crippen molar-refractivity contribution in [2.75, 3.05) is 5.08 Å². The molecule has 0 amide bonds. The lowest BCUT2D eigenvalue weighted by atomic mass is 10.6. The van der Waals surface area contributed by atoms with Gasteiger partial charge in [-0.1, -0.05) is 11.8 Å². The normalized spacial score (nSPS) is 15.2. The summed E-state index contributed by atoms with van der Waals surface area (Å²) < 4.78 is 0. The summed E-state index contributed by atoms with van der Waals surface area (Å²) in [5, 5.41) is 1.78.